The van der Waals surface area contributed by atoms with Crippen LogP contribution in [0.3, 0.4) is 0 Å². The first-order valence-electron chi connectivity index (χ1n) is 6.45. The van der Waals surface area contributed by atoms with Crippen LogP contribution in [0.25, 0.3) is 0 Å². The molecule has 4 nitrogen and oxygen atoms in total. The molecule has 23 heavy (non-hydrogen) atoms. The zero-order chi connectivity index (χ0) is 17.2. The number of sulfonamides is 1. The summed E-state index contributed by atoms with van der Waals surface area (Å²) < 4.78 is 27.5. The van der Waals surface area contributed by atoms with E-state index in [0.717, 1.165) is 8.78 Å². The fraction of sp³-hybridized carbons (Fsp3) is 0.133. The smallest absolute Gasteiger partial charge is 0.264 e. The number of carbonyl (C=O) groups excluding carboxylic acids is 1. The van der Waals surface area contributed by atoms with Crippen molar-refractivity contribution in [2.24, 2.45) is 0 Å². The van der Waals surface area contributed by atoms with E-state index in [-0.39, 0.29) is 4.90 Å². The van der Waals surface area contributed by atoms with Gasteiger partial charge in [-0.1, -0.05) is 33.6 Å². The van der Waals surface area contributed by atoms with Crippen molar-refractivity contribution < 1.29 is 13.2 Å². The molecule has 0 atom stereocenters. The molecule has 0 heterocycles. The van der Waals surface area contributed by atoms with Crippen molar-refractivity contribution in [1.29, 1.82) is 0 Å². The Balaban J connectivity index is 2.60. The number of carbonyl (C=O) groups is 1. The van der Waals surface area contributed by atoms with Crippen LogP contribution in [-0.4, -0.2) is 20.2 Å². The van der Waals surface area contributed by atoms with Crippen molar-refractivity contribution in [3.05, 3.63) is 57.5 Å². The molecular formula is C15H12BrCl2NO3S. The summed E-state index contributed by atoms with van der Waals surface area (Å²) in [6.45, 7) is 1.20. The molecule has 2 aromatic rings. The van der Waals surface area contributed by atoms with Crippen LogP contribution in [0.15, 0.2) is 51.8 Å². The largest absolute Gasteiger partial charge is 0.279 e. The molecule has 0 aliphatic carbocycles. The molecule has 0 amide bonds. The van der Waals surface area contributed by atoms with Gasteiger partial charge in [-0.3, -0.25) is 9.10 Å². The summed E-state index contributed by atoms with van der Waals surface area (Å²) in [4.78, 5) is 11.4. The van der Waals surface area contributed by atoms with Crippen LogP contribution in [0.4, 0.5) is 5.69 Å². The number of anilines is 1. The molecule has 0 fully saturated rings. The highest BCUT2D eigenvalue weighted by atomic mass is 79.9. The Morgan fingerprint density at radius 1 is 1.17 bits per heavy atom. The van der Waals surface area contributed by atoms with Gasteiger partial charge >= 0.3 is 0 Å². The maximum atomic E-state index is 12.9. The normalized spacial score (nSPS) is 11.3. The Kier molecular flexibility index (Phi) is 5.73. The third-order valence-electron chi connectivity index (χ3n) is 3.18. The van der Waals surface area contributed by atoms with E-state index in [0.29, 0.717) is 16.3 Å². The van der Waals surface area contributed by atoms with Gasteiger partial charge in [0.05, 0.1) is 10.6 Å². The molecule has 2 rings (SSSR count). The van der Waals surface area contributed by atoms with E-state index < -0.39 is 21.8 Å². The van der Waals surface area contributed by atoms with Crippen molar-refractivity contribution in [1.82, 2.24) is 0 Å². The van der Waals surface area contributed by atoms with Crippen LogP contribution in [0.1, 0.15) is 5.56 Å². The van der Waals surface area contributed by atoms with E-state index >= 15 is 0 Å². The zero-order valence-corrected chi connectivity index (χ0v) is 15.9. The number of halogens is 3. The summed E-state index contributed by atoms with van der Waals surface area (Å²) in [6.07, 6.45) is 0. The highest BCUT2D eigenvalue weighted by molar-refractivity contribution is 9.10. The lowest BCUT2D eigenvalue weighted by Crippen LogP contribution is -2.35. The van der Waals surface area contributed by atoms with Crippen LogP contribution in [0, 0.1) is 6.92 Å². The minimum atomic E-state index is -3.96. The Hall–Kier alpha value is -1.08. The molecule has 0 saturated heterocycles. The third-order valence-corrected chi connectivity index (χ3v) is 6.01. The molecule has 8 heteroatoms. The van der Waals surface area contributed by atoms with Crippen molar-refractivity contribution in [2.45, 2.75) is 11.8 Å². The van der Waals surface area contributed by atoms with Gasteiger partial charge in [-0.15, -0.1) is 0 Å². The Labute approximate surface area is 153 Å². The summed E-state index contributed by atoms with van der Waals surface area (Å²) in [5, 5.41) is -0.384. The lowest BCUT2D eigenvalue weighted by atomic mass is 10.2. The Bertz CT molecular complexity index is 838. The monoisotopic (exact) mass is 435 g/mol. The van der Waals surface area contributed by atoms with Gasteiger partial charge < -0.3 is 0 Å². The molecule has 0 aliphatic rings. The van der Waals surface area contributed by atoms with E-state index in [1.54, 1.807) is 37.3 Å². The topological polar surface area (TPSA) is 54.5 Å². The Morgan fingerprint density at radius 3 is 2.35 bits per heavy atom. The first-order chi connectivity index (χ1) is 10.7. The summed E-state index contributed by atoms with van der Waals surface area (Å²) >= 11 is 14.8. The lowest BCUT2D eigenvalue weighted by molar-refractivity contribution is -0.110. The van der Waals surface area contributed by atoms with Crippen molar-refractivity contribution in [3.63, 3.8) is 0 Å². The average Bonchev–Trinajstić information content (AvgIpc) is 2.48. The van der Waals surface area contributed by atoms with Crippen LogP contribution in [0.5, 0.6) is 0 Å². The van der Waals surface area contributed by atoms with Gasteiger partial charge in [0.1, 0.15) is 6.54 Å². The number of rotatable bonds is 5. The van der Waals surface area contributed by atoms with Gasteiger partial charge in [0.25, 0.3) is 10.0 Å². The fourth-order valence-corrected chi connectivity index (χ4v) is 4.12. The van der Waals surface area contributed by atoms with Crippen LogP contribution < -0.4 is 4.31 Å². The summed E-state index contributed by atoms with van der Waals surface area (Å²) in [5.41, 5.74) is 0.863. The number of hydrogen-bond acceptors (Lipinski definition) is 3. The van der Waals surface area contributed by atoms with Crippen molar-refractivity contribution >= 4 is 60.1 Å². The van der Waals surface area contributed by atoms with Gasteiger partial charge in [0, 0.05) is 9.50 Å². The minimum absolute atomic E-state index is 0.0537. The van der Waals surface area contributed by atoms with Crippen molar-refractivity contribution in [3.8, 4) is 0 Å². The first-order valence-corrected chi connectivity index (χ1v) is 9.44. The molecule has 122 valence electrons. The molecule has 0 N–H and O–H groups in total. The molecule has 0 saturated carbocycles. The molecule has 0 bridgehead atoms. The molecule has 2 aromatic carbocycles. The number of benzene rings is 2. The summed E-state index contributed by atoms with van der Waals surface area (Å²) in [5.74, 6) is 0. The van der Waals surface area contributed by atoms with E-state index in [1.807, 2.05) is 0 Å². The molecular weight excluding hydrogens is 425 g/mol. The summed E-state index contributed by atoms with van der Waals surface area (Å²) in [6, 6.07) is 11.0. The Morgan fingerprint density at radius 2 is 1.78 bits per heavy atom. The molecule has 0 spiro atoms. The second-order valence-corrected chi connectivity index (χ2v) is 8.31. The fourth-order valence-electron chi connectivity index (χ4n) is 2.01. The third kappa shape index (κ3) is 4.07. The molecule has 0 aliphatic heterocycles. The second kappa shape index (κ2) is 7.21. The van der Waals surface area contributed by atoms with Crippen LogP contribution in [-0.2, 0) is 14.8 Å². The second-order valence-electron chi connectivity index (χ2n) is 4.70. The van der Waals surface area contributed by atoms with Gasteiger partial charge in [-0.2, -0.15) is 0 Å². The van der Waals surface area contributed by atoms with Crippen LogP contribution in [0.2, 0.25) is 5.02 Å². The van der Waals surface area contributed by atoms with E-state index in [1.165, 1.54) is 12.1 Å². The predicted molar refractivity (Wildman–Crippen MR) is 95.7 cm³/mol. The number of hydrogen-bond donors (Lipinski definition) is 0. The molecule has 0 radical (unpaired) electrons. The quantitative estimate of drug-likeness (QED) is 0.653. The maximum Gasteiger partial charge on any atom is 0.264 e. The van der Waals surface area contributed by atoms with Gasteiger partial charge in [-0.05, 0) is 60.5 Å². The van der Waals surface area contributed by atoms with Crippen LogP contribution >= 0.6 is 39.1 Å². The van der Waals surface area contributed by atoms with Crippen molar-refractivity contribution in [2.75, 3.05) is 10.8 Å². The molecule has 0 unspecified atom stereocenters. The van der Waals surface area contributed by atoms with Gasteiger partial charge in [-0.25, -0.2) is 8.42 Å². The number of nitrogens with zero attached hydrogens (tertiary/aromatic N) is 1. The highest BCUT2D eigenvalue weighted by Crippen LogP contribution is 2.31. The maximum absolute atomic E-state index is 12.9. The van der Waals surface area contributed by atoms with E-state index in [4.69, 9.17) is 23.2 Å². The average molecular weight is 437 g/mol. The standard InChI is InChI=1S/C15H12BrCl2NO3S/c1-10-13(17)3-2-4-14(10)19(9-15(18)20)23(21,22)12-7-5-11(16)6-8-12/h2-8H,9H2,1H3. The first kappa shape index (κ1) is 18.3. The SMILES string of the molecule is Cc1c(Cl)cccc1N(CC(=O)Cl)S(=O)(=O)c1ccc(Br)cc1. The van der Waals surface area contributed by atoms with Gasteiger partial charge in [0.2, 0.25) is 5.24 Å². The van der Waals surface area contributed by atoms with E-state index in [9.17, 15) is 13.2 Å². The van der Waals surface area contributed by atoms with E-state index in [2.05, 4.69) is 15.9 Å². The predicted octanol–water partition coefficient (Wildman–Crippen LogP) is 4.37. The lowest BCUT2D eigenvalue weighted by Gasteiger charge is -2.25. The molecule has 0 aromatic heterocycles. The van der Waals surface area contributed by atoms with Gasteiger partial charge in [0.15, 0.2) is 0 Å². The summed E-state index contributed by atoms with van der Waals surface area (Å²) in [7, 11) is -3.96. The zero-order valence-electron chi connectivity index (χ0n) is 12.0. The minimum Gasteiger partial charge on any atom is -0.279 e. The highest BCUT2D eigenvalue weighted by Gasteiger charge is 2.28.